The maximum atomic E-state index is 12.9. The second kappa shape index (κ2) is 7.87. The lowest BCUT2D eigenvalue weighted by Crippen LogP contribution is -2.35. The molecule has 25 heavy (non-hydrogen) atoms. The Hall–Kier alpha value is -2.08. The zero-order valence-electron chi connectivity index (χ0n) is 15.3. The number of aryl methyl sites for hydroxylation is 1. The average molecular weight is 345 g/mol. The Labute approximate surface area is 148 Å². The highest BCUT2D eigenvalue weighted by Gasteiger charge is 2.27. The molecular formula is C19H27N3O3. The van der Waals surface area contributed by atoms with Gasteiger partial charge in [0, 0.05) is 26.3 Å². The summed E-state index contributed by atoms with van der Waals surface area (Å²) in [6.45, 7) is 2.92. The maximum absolute atomic E-state index is 12.9. The Balaban J connectivity index is 1.89. The number of carbonyl (C=O) groups excluding carboxylic acids is 1. The highest BCUT2D eigenvalue weighted by molar-refractivity contribution is 5.95. The van der Waals surface area contributed by atoms with E-state index in [9.17, 15) is 4.79 Å². The minimum atomic E-state index is 0.129. The predicted octanol–water partition coefficient (Wildman–Crippen LogP) is 3.21. The molecule has 6 heteroatoms. The number of carbonyl (C=O) groups is 1. The van der Waals surface area contributed by atoms with E-state index in [2.05, 4.69) is 4.98 Å². The third kappa shape index (κ3) is 3.63. The van der Waals surface area contributed by atoms with E-state index < -0.39 is 0 Å². The van der Waals surface area contributed by atoms with Crippen LogP contribution in [-0.2, 0) is 9.53 Å². The smallest absolute Gasteiger partial charge is 0.231 e. The first kappa shape index (κ1) is 17.7. The first-order valence-corrected chi connectivity index (χ1v) is 9.00. The molecule has 1 aliphatic carbocycles. The van der Waals surface area contributed by atoms with Crippen molar-refractivity contribution in [1.29, 1.82) is 0 Å². The maximum Gasteiger partial charge on any atom is 0.231 e. The van der Waals surface area contributed by atoms with Gasteiger partial charge in [-0.05, 0) is 31.9 Å². The van der Waals surface area contributed by atoms with Gasteiger partial charge in [0.2, 0.25) is 5.91 Å². The number of aromatic nitrogens is 2. The quantitative estimate of drug-likeness (QED) is 0.755. The number of hydrogen-bond donors (Lipinski definition) is 0. The van der Waals surface area contributed by atoms with Crippen molar-refractivity contribution in [3.63, 3.8) is 0 Å². The van der Waals surface area contributed by atoms with Crippen LogP contribution < -0.4 is 9.64 Å². The molecular weight excluding hydrogens is 318 g/mol. The van der Waals surface area contributed by atoms with E-state index in [0.29, 0.717) is 19.0 Å². The third-order valence-corrected chi connectivity index (χ3v) is 4.90. The van der Waals surface area contributed by atoms with Gasteiger partial charge in [-0.1, -0.05) is 19.3 Å². The minimum absolute atomic E-state index is 0.129. The van der Waals surface area contributed by atoms with Gasteiger partial charge in [0.1, 0.15) is 12.4 Å². The molecule has 0 saturated heterocycles. The van der Waals surface area contributed by atoms with Crippen molar-refractivity contribution in [2.45, 2.75) is 39.0 Å². The second-order valence-electron chi connectivity index (χ2n) is 6.66. The van der Waals surface area contributed by atoms with Crippen molar-refractivity contribution in [2.24, 2.45) is 5.92 Å². The summed E-state index contributed by atoms with van der Waals surface area (Å²) >= 11 is 0. The highest BCUT2D eigenvalue weighted by atomic mass is 16.5. The molecule has 0 aromatic carbocycles. The summed E-state index contributed by atoms with van der Waals surface area (Å²) in [6, 6.07) is 3.81. The number of methoxy groups -OCH3 is 1. The molecule has 0 unspecified atom stereocenters. The van der Waals surface area contributed by atoms with Crippen LogP contribution >= 0.6 is 0 Å². The van der Waals surface area contributed by atoms with Crippen LogP contribution in [0.4, 0.5) is 5.82 Å². The van der Waals surface area contributed by atoms with Crippen molar-refractivity contribution < 1.29 is 14.3 Å². The van der Waals surface area contributed by atoms with Crippen LogP contribution in [0.25, 0.3) is 5.65 Å². The highest BCUT2D eigenvalue weighted by Crippen LogP contribution is 2.30. The van der Waals surface area contributed by atoms with Crippen LogP contribution in [0, 0.1) is 12.8 Å². The SMILES string of the molecule is COCCOc1cccn2c(N(C)C(=O)C3CCCCC3)c(C)nc12. The average Bonchev–Trinajstić information content (AvgIpc) is 2.98. The molecule has 1 fully saturated rings. The summed E-state index contributed by atoms with van der Waals surface area (Å²) in [5.41, 5.74) is 1.56. The van der Waals surface area contributed by atoms with E-state index >= 15 is 0 Å². The predicted molar refractivity (Wildman–Crippen MR) is 97.3 cm³/mol. The van der Waals surface area contributed by atoms with Gasteiger partial charge in [0.25, 0.3) is 0 Å². The first-order valence-electron chi connectivity index (χ1n) is 9.00. The Bertz CT molecular complexity index is 735. The number of nitrogens with zero attached hydrogens (tertiary/aromatic N) is 3. The molecule has 0 atom stereocenters. The molecule has 0 bridgehead atoms. The number of pyridine rings is 1. The number of fused-ring (bicyclic) bond motifs is 1. The summed E-state index contributed by atoms with van der Waals surface area (Å²) < 4.78 is 12.8. The van der Waals surface area contributed by atoms with Crippen LogP contribution in [-0.4, -0.2) is 42.7 Å². The molecule has 1 amide bonds. The summed E-state index contributed by atoms with van der Waals surface area (Å²) in [5.74, 6) is 1.84. The molecule has 1 aliphatic rings. The molecule has 6 nitrogen and oxygen atoms in total. The van der Waals surface area contributed by atoms with E-state index in [-0.39, 0.29) is 11.8 Å². The standard InChI is InChI=1S/C19H27N3O3/c1-14-18(21(2)19(23)15-8-5-4-6-9-15)22-11-7-10-16(17(22)20-14)25-13-12-24-3/h7,10-11,15H,4-6,8-9,12-13H2,1-3H3. The van der Waals surface area contributed by atoms with Crippen molar-refractivity contribution in [3.05, 3.63) is 24.0 Å². The molecule has 3 rings (SSSR count). The number of anilines is 1. The van der Waals surface area contributed by atoms with Gasteiger partial charge < -0.3 is 9.47 Å². The van der Waals surface area contributed by atoms with Gasteiger partial charge in [-0.3, -0.25) is 14.1 Å². The minimum Gasteiger partial charge on any atom is -0.487 e. The van der Waals surface area contributed by atoms with Gasteiger partial charge in [0.05, 0.1) is 12.3 Å². The topological polar surface area (TPSA) is 56.1 Å². The van der Waals surface area contributed by atoms with E-state index in [1.165, 1.54) is 6.42 Å². The molecule has 1 saturated carbocycles. The zero-order valence-corrected chi connectivity index (χ0v) is 15.3. The van der Waals surface area contributed by atoms with Gasteiger partial charge >= 0.3 is 0 Å². The molecule has 2 aromatic rings. The first-order chi connectivity index (χ1) is 12.1. The van der Waals surface area contributed by atoms with Crippen molar-refractivity contribution in [2.75, 3.05) is 32.3 Å². The monoisotopic (exact) mass is 345 g/mol. The normalized spacial score (nSPS) is 15.5. The fourth-order valence-electron chi connectivity index (χ4n) is 3.62. The van der Waals surface area contributed by atoms with Gasteiger partial charge in [-0.2, -0.15) is 0 Å². The van der Waals surface area contributed by atoms with Gasteiger partial charge in [-0.25, -0.2) is 4.98 Å². The molecule has 0 aliphatic heterocycles. The number of imidazole rings is 1. The summed E-state index contributed by atoms with van der Waals surface area (Å²) in [7, 11) is 3.50. The number of ether oxygens (including phenoxy) is 2. The van der Waals surface area contributed by atoms with Crippen molar-refractivity contribution >= 4 is 17.4 Å². The largest absolute Gasteiger partial charge is 0.487 e. The van der Waals surface area contributed by atoms with E-state index in [0.717, 1.165) is 42.8 Å². The zero-order chi connectivity index (χ0) is 17.8. The summed E-state index contributed by atoms with van der Waals surface area (Å²) in [6.07, 6.45) is 7.44. The molecule has 0 N–H and O–H groups in total. The Morgan fingerprint density at radius 1 is 1.32 bits per heavy atom. The lowest BCUT2D eigenvalue weighted by atomic mass is 9.88. The lowest BCUT2D eigenvalue weighted by molar-refractivity contribution is -0.123. The Morgan fingerprint density at radius 2 is 2.08 bits per heavy atom. The fraction of sp³-hybridized carbons (Fsp3) is 0.579. The Kier molecular flexibility index (Phi) is 5.58. The van der Waals surface area contributed by atoms with Crippen LogP contribution in [0.1, 0.15) is 37.8 Å². The third-order valence-electron chi connectivity index (χ3n) is 4.90. The Morgan fingerprint density at radius 3 is 2.80 bits per heavy atom. The molecule has 136 valence electrons. The van der Waals surface area contributed by atoms with Gasteiger partial charge in [0.15, 0.2) is 11.4 Å². The molecule has 0 radical (unpaired) electrons. The van der Waals surface area contributed by atoms with Crippen molar-refractivity contribution in [3.8, 4) is 5.75 Å². The van der Waals surface area contributed by atoms with Crippen LogP contribution in [0.15, 0.2) is 18.3 Å². The molecule has 0 spiro atoms. The fourth-order valence-corrected chi connectivity index (χ4v) is 3.62. The summed E-state index contributed by atoms with van der Waals surface area (Å²) in [5, 5.41) is 0. The molecule has 2 aromatic heterocycles. The summed E-state index contributed by atoms with van der Waals surface area (Å²) in [4.78, 5) is 19.3. The lowest BCUT2D eigenvalue weighted by Gasteiger charge is -2.26. The van der Waals surface area contributed by atoms with E-state index in [1.807, 2.05) is 36.7 Å². The van der Waals surface area contributed by atoms with E-state index in [1.54, 1.807) is 12.0 Å². The molecule has 2 heterocycles. The van der Waals surface area contributed by atoms with E-state index in [4.69, 9.17) is 9.47 Å². The van der Waals surface area contributed by atoms with Crippen LogP contribution in [0.2, 0.25) is 0 Å². The number of hydrogen-bond acceptors (Lipinski definition) is 4. The van der Waals surface area contributed by atoms with Crippen molar-refractivity contribution in [1.82, 2.24) is 9.38 Å². The second-order valence-corrected chi connectivity index (χ2v) is 6.66. The number of amides is 1. The number of rotatable bonds is 6. The van der Waals surface area contributed by atoms with Gasteiger partial charge in [-0.15, -0.1) is 0 Å². The van der Waals surface area contributed by atoms with Crippen LogP contribution in [0.5, 0.6) is 5.75 Å². The van der Waals surface area contributed by atoms with Crippen LogP contribution in [0.3, 0.4) is 0 Å².